The van der Waals surface area contributed by atoms with Crippen LogP contribution in [0.4, 0.5) is 11.5 Å². The van der Waals surface area contributed by atoms with Crippen molar-refractivity contribution in [3.8, 4) is 21.8 Å². The molecule has 30 heavy (non-hydrogen) atoms. The molecule has 0 aliphatic carbocycles. The number of hydrogen-bond acceptors (Lipinski definition) is 5. The number of nitrogen functional groups attached to an aromatic ring is 1. The molecule has 2 aromatic heterocycles. The van der Waals surface area contributed by atoms with Gasteiger partial charge < -0.3 is 11.1 Å². The van der Waals surface area contributed by atoms with E-state index in [2.05, 4.69) is 26.2 Å². The van der Waals surface area contributed by atoms with Crippen LogP contribution in [0.2, 0.25) is 0 Å². The maximum absolute atomic E-state index is 12.6. The van der Waals surface area contributed by atoms with Crippen LogP contribution in [0.15, 0.2) is 70.7 Å². The van der Waals surface area contributed by atoms with Crippen molar-refractivity contribution in [3.05, 3.63) is 70.7 Å². The van der Waals surface area contributed by atoms with Gasteiger partial charge in [-0.3, -0.25) is 4.79 Å². The zero-order valence-corrected chi connectivity index (χ0v) is 19.2. The molecule has 0 saturated heterocycles. The number of allylic oxidation sites excluding steroid dienone is 4. The van der Waals surface area contributed by atoms with Crippen LogP contribution in [0, 0.1) is 5.92 Å². The van der Waals surface area contributed by atoms with Gasteiger partial charge in [-0.15, -0.1) is 11.3 Å². The lowest BCUT2D eigenvalue weighted by atomic mass is 10.1. The van der Waals surface area contributed by atoms with Crippen LogP contribution in [-0.4, -0.2) is 15.9 Å². The Kier molecular flexibility index (Phi) is 7.54. The number of amides is 1. The molecule has 3 aromatic rings. The number of carbonyl (C=O) groups is 1. The molecule has 3 N–H and O–H groups in total. The van der Waals surface area contributed by atoms with Crippen LogP contribution in [0.1, 0.15) is 20.3 Å². The number of rotatable bonds is 7. The van der Waals surface area contributed by atoms with Crippen LogP contribution in [0.5, 0.6) is 0 Å². The van der Waals surface area contributed by atoms with Crippen molar-refractivity contribution in [2.24, 2.45) is 5.92 Å². The number of hydrogen-bond donors (Lipinski definition) is 2. The molecule has 7 heteroatoms. The highest BCUT2D eigenvalue weighted by Crippen LogP contribution is 2.31. The van der Waals surface area contributed by atoms with Crippen molar-refractivity contribution in [2.75, 3.05) is 11.1 Å². The third kappa shape index (κ3) is 5.87. The molecule has 5 nitrogen and oxygen atoms in total. The van der Waals surface area contributed by atoms with E-state index in [0.717, 1.165) is 20.6 Å². The molecule has 1 aromatic carbocycles. The van der Waals surface area contributed by atoms with Gasteiger partial charge in [-0.2, -0.15) is 0 Å². The van der Waals surface area contributed by atoms with Crippen LogP contribution < -0.4 is 11.1 Å². The highest BCUT2D eigenvalue weighted by Gasteiger charge is 2.15. The number of aromatic nitrogens is 2. The fourth-order valence-electron chi connectivity index (χ4n) is 2.75. The molecule has 1 unspecified atom stereocenters. The number of carbonyl (C=O) groups excluding carboxylic acids is 1. The van der Waals surface area contributed by atoms with E-state index < -0.39 is 0 Å². The Morgan fingerprint density at radius 1 is 1.30 bits per heavy atom. The number of halogens is 1. The lowest BCUT2D eigenvalue weighted by molar-refractivity contribution is -0.116. The number of benzene rings is 1. The summed E-state index contributed by atoms with van der Waals surface area (Å²) in [4.78, 5) is 22.8. The van der Waals surface area contributed by atoms with Gasteiger partial charge in [0.25, 0.3) is 0 Å². The summed E-state index contributed by atoms with van der Waals surface area (Å²) in [6.45, 7) is 3.95. The fourth-order valence-corrected chi connectivity index (χ4v) is 3.62. The average Bonchev–Trinajstić information content (AvgIpc) is 3.27. The summed E-state index contributed by atoms with van der Waals surface area (Å²) >= 11 is 4.99. The molecule has 1 atom stereocenters. The molecular weight excluding hydrogens is 460 g/mol. The number of nitrogens with one attached hydrogen (secondary N) is 1. The van der Waals surface area contributed by atoms with Crippen LogP contribution in [0.3, 0.4) is 0 Å². The second-order valence-corrected chi connectivity index (χ2v) is 8.68. The van der Waals surface area contributed by atoms with Crippen molar-refractivity contribution in [1.29, 1.82) is 0 Å². The maximum atomic E-state index is 12.6. The summed E-state index contributed by atoms with van der Waals surface area (Å²) in [5.74, 6) is 0.452. The monoisotopic (exact) mass is 482 g/mol. The van der Waals surface area contributed by atoms with Gasteiger partial charge in [-0.05, 0) is 36.4 Å². The number of nitrogens with two attached hydrogens (primary N) is 1. The van der Waals surface area contributed by atoms with Crippen LogP contribution in [-0.2, 0) is 4.79 Å². The molecule has 0 saturated carbocycles. The van der Waals surface area contributed by atoms with E-state index in [1.807, 2.05) is 73.9 Å². The minimum atomic E-state index is -0.101. The molecule has 0 aliphatic rings. The van der Waals surface area contributed by atoms with Gasteiger partial charge in [0.1, 0.15) is 5.69 Å². The first-order valence-electron chi connectivity index (χ1n) is 9.53. The largest absolute Gasteiger partial charge is 0.399 e. The Morgan fingerprint density at radius 2 is 2.07 bits per heavy atom. The Balaban J connectivity index is 1.83. The topological polar surface area (TPSA) is 80.9 Å². The Bertz CT molecular complexity index is 1060. The van der Waals surface area contributed by atoms with Crippen LogP contribution >= 0.6 is 27.3 Å². The van der Waals surface area contributed by atoms with Gasteiger partial charge in [0.2, 0.25) is 5.91 Å². The van der Waals surface area contributed by atoms with Crippen molar-refractivity contribution in [2.45, 2.75) is 20.3 Å². The lowest BCUT2D eigenvalue weighted by Gasteiger charge is -2.12. The third-order valence-corrected chi connectivity index (χ3v) is 5.96. The summed E-state index contributed by atoms with van der Waals surface area (Å²) in [6, 6.07) is 11.4. The molecule has 1 amide bonds. The van der Waals surface area contributed by atoms with Crippen molar-refractivity contribution >= 4 is 44.7 Å². The second kappa shape index (κ2) is 10.3. The molecule has 0 bridgehead atoms. The maximum Gasteiger partial charge on any atom is 0.226 e. The summed E-state index contributed by atoms with van der Waals surface area (Å²) in [6.07, 6.45) is 7.93. The summed E-state index contributed by atoms with van der Waals surface area (Å²) in [5.41, 5.74) is 8.78. The highest BCUT2D eigenvalue weighted by molar-refractivity contribution is 9.11. The Morgan fingerprint density at radius 3 is 2.73 bits per heavy atom. The Labute approximate surface area is 188 Å². The molecule has 3 rings (SSSR count). The molecule has 0 aliphatic heterocycles. The predicted molar refractivity (Wildman–Crippen MR) is 129 cm³/mol. The molecule has 0 spiro atoms. The van der Waals surface area contributed by atoms with E-state index in [9.17, 15) is 4.79 Å². The SMILES string of the molecule is C/C=C(Br)\C=C/C(C)CC(=O)Nc1ncc(-c2ccc(N)cc2)nc1-c1cccs1. The summed E-state index contributed by atoms with van der Waals surface area (Å²) in [5, 5.41) is 4.91. The normalized spacial score (nSPS) is 12.8. The quantitative estimate of drug-likeness (QED) is 0.306. The van der Waals surface area contributed by atoms with Crippen molar-refractivity contribution in [3.63, 3.8) is 0 Å². The van der Waals surface area contributed by atoms with E-state index in [0.29, 0.717) is 23.6 Å². The predicted octanol–water partition coefficient (Wildman–Crippen LogP) is 6.27. The standard InChI is InChI=1S/C23H23BrN4OS/c1-3-17(24)9-6-15(2)13-21(29)28-23-22(20-5-4-12-30-20)27-19(14-26-23)16-7-10-18(25)11-8-16/h3-12,14-15H,13,25H2,1-2H3,(H,26,28,29)/b9-6-,17-3+. The summed E-state index contributed by atoms with van der Waals surface area (Å²) < 4.78 is 0.985. The minimum Gasteiger partial charge on any atom is -0.399 e. The third-order valence-electron chi connectivity index (χ3n) is 4.36. The lowest BCUT2D eigenvalue weighted by Crippen LogP contribution is -2.16. The van der Waals surface area contributed by atoms with Gasteiger partial charge >= 0.3 is 0 Å². The van der Waals surface area contributed by atoms with E-state index in [4.69, 9.17) is 10.7 Å². The summed E-state index contributed by atoms with van der Waals surface area (Å²) in [7, 11) is 0. The molecule has 0 fully saturated rings. The highest BCUT2D eigenvalue weighted by atomic mass is 79.9. The molecule has 2 heterocycles. The second-order valence-electron chi connectivity index (χ2n) is 6.81. The minimum absolute atomic E-state index is 0.0877. The first kappa shape index (κ1) is 21.9. The first-order valence-corrected chi connectivity index (χ1v) is 11.2. The zero-order valence-electron chi connectivity index (χ0n) is 16.8. The average molecular weight is 483 g/mol. The molecule has 0 radical (unpaired) electrons. The van der Waals surface area contributed by atoms with E-state index in [-0.39, 0.29) is 11.8 Å². The number of thiophene rings is 1. The number of nitrogens with zero attached hydrogens (tertiary/aromatic N) is 2. The van der Waals surface area contributed by atoms with Gasteiger partial charge in [-0.1, -0.05) is 59.3 Å². The molecular formula is C23H23BrN4OS. The van der Waals surface area contributed by atoms with Crippen LogP contribution in [0.25, 0.3) is 21.8 Å². The zero-order chi connectivity index (χ0) is 21.5. The van der Waals surface area contributed by atoms with Gasteiger partial charge in [0.05, 0.1) is 16.8 Å². The molecule has 154 valence electrons. The number of anilines is 2. The first-order chi connectivity index (χ1) is 14.5. The Hall–Kier alpha value is -2.77. The smallest absolute Gasteiger partial charge is 0.226 e. The van der Waals surface area contributed by atoms with Gasteiger partial charge in [-0.25, -0.2) is 9.97 Å². The van der Waals surface area contributed by atoms with Crippen molar-refractivity contribution in [1.82, 2.24) is 9.97 Å². The van der Waals surface area contributed by atoms with Gasteiger partial charge in [0, 0.05) is 22.2 Å². The van der Waals surface area contributed by atoms with E-state index >= 15 is 0 Å². The van der Waals surface area contributed by atoms with Crippen molar-refractivity contribution < 1.29 is 4.79 Å². The fraction of sp³-hybridized carbons (Fsp3) is 0.174. The van der Waals surface area contributed by atoms with E-state index in [1.54, 1.807) is 17.5 Å². The van der Waals surface area contributed by atoms with E-state index in [1.165, 1.54) is 0 Å². The van der Waals surface area contributed by atoms with Gasteiger partial charge in [0.15, 0.2) is 5.82 Å².